The highest BCUT2D eigenvalue weighted by Gasteiger charge is 2.25. The summed E-state index contributed by atoms with van der Waals surface area (Å²) in [6.45, 7) is 5.28. The molecule has 1 atom stereocenters. The van der Waals surface area contributed by atoms with Crippen molar-refractivity contribution < 1.29 is 9.90 Å². The summed E-state index contributed by atoms with van der Waals surface area (Å²) in [7, 11) is 0. The molecule has 0 spiro atoms. The van der Waals surface area contributed by atoms with Crippen LogP contribution < -0.4 is 0 Å². The van der Waals surface area contributed by atoms with Crippen LogP contribution in [0.15, 0.2) is 0 Å². The van der Waals surface area contributed by atoms with Gasteiger partial charge < -0.3 is 10.0 Å². The maximum absolute atomic E-state index is 11.6. The number of carbonyl (C=O) groups is 1. The minimum atomic E-state index is -0.281. The van der Waals surface area contributed by atoms with Gasteiger partial charge in [-0.15, -0.1) is 0 Å². The number of rotatable bonds is 6. The molecule has 1 aliphatic heterocycles. The highest BCUT2D eigenvalue weighted by atomic mass is 16.3. The monoisotopic (exact) mass is 268 g/mol. The highest BCUT2D eigenvalue weighted by Crippen LogP contribution is 2.23. The first-order valence-corrected chi connectivity index (χ1v) is 7.86. The maximum atomic E-state index is 11.6. The van der Waals surface area contributed by atoms with Gasteiger partial charge >= 0.3 is 0 Å². The fraction of sp³-hybridized carbons (Fsp3) is 0.933. The minimum absolute atomic E-state index is 0.281. The van der Waals surface area contributed by atoms with Gasteiger partial charge in [0, 0.05) is 38.6 Å². The molecule has 1 amide bonds. The average Bonchev–Trinajstić information content (AvgIpc) is 2.81. The van der Waals surface area contributed by atoms with E-state index in [1.54, 1.807) is 0 Å². The fourth-order valence-electron chi connectivity index (χ4n) is 3.40. The van der Waals surface area contributed by atoms with E-state index in [4.69, 9.17) is 0 Å². The van der Waals surface area contributed by atoms with Gasteiger partial charge in [0.05, 0.1) is 6.10 Å². The second-order valence-corrected chi connectivity index (χ2v) is 6.12. The Kier molecular flexibility index (Phi) is 5.64. The predicted molar refractivity (Wildman–Crippen MR) is 75.9 cm³/mol. The molecular formula is C15H28N2O2. The van der Waals surface area contributed by atoms with Crippen molar-refractivity contribution in [1.82, 2.24) is 9.80 Å². The van der Waals surface area contributed by atoms with Crippen molar-refractivity contribution in [2.75, 3.05) is 26.2 Å². The van der Waals surface area contributed by atoms with Crippen LogP contribution in [0.1, 0.15) is 51.9 Å². The first-order chi connectivity index (χ1) is 9.16. The number of aliphatic hydroxyl groups excluding tert-OH is 1. The topological polar surface area (TPSA) is 43.8 Å². The number of hydrogen-bond donors (Lipinski definition) is 1. The number of likely N-dealkylation sites (tertiary alicyclic amines) is 1. The molecule has 2 aliphatic rings. The molecule has 0 aromatic carbocycles. The summed E-state index contributed by atoms with van der Waals surface area (Å²) in [5.41, 5.74) is 0. The van der Waals surface area contributed by atoms with E-state index < -0.39 is 0 Å². The van der Waals surface area contributed by atoms with Crippen molar-refractivity contribution in [1.29, 1.82) is 0 Å². The lowest BCUT2D eigenvalue weighted by atomic mass is 9.94. The maximum Gasteiger partial charge on any atom is 0.222 e. The Morgan fingerprint density at radius 3 is 2.63 bits per heavy atom. The summed E-state index contributed by atoms with van der Waals surface area (Å²) < 4.78 is 0. The molecule has 0 bridgehead atoms. The lowest BCUT2D eigenvalue weighted by molar-refractivity contribution is -0.128. The van der Waals surface area contributed by atoms with Crippen LogP contribution in [0, 0.1) is 0 Å². The molecule has 110 valence electrons. The van der Waals surface area contributed by atoms with Gasteiger partial charge in [-0.25, -0.2) is 0 Å². The standard InChI is InChI=1S/C15H28N2O2/c1-13(18)12-17(14-6-3-2-4-7-14)11-10-16-9-5-8-15(16)19/h13-14,18H,2-12H2,1H3. The van der Waals surface area contributed by atoms with Crippen LogP contribution in [0.4, 0.5) is 0 Å². The zero-order chi connectivity index (χ0) is 13.7. The zero-order valence-corrected chi connectivity index (χ0v) is 12.2. The SMILES string of the molecule is CC(O)CN(CCN1CCCC1=O)C1CCCCC1. The molecule has 19 heavy (non-hydrogen) atoms. The number of amides is 1. The van der Waals surface area contributed by atoms with Crippen LogP contribution in [-0.2, 0) is 4.79 Å². The summed E-state index contributed by atoms with van der Waals surface area (Å²) in [5.74, 6) is 0.306. The van der Waals surface area contributed by atoms with Crippen LogP contribution in [0.2, 0.25) is 0 Å². The van der Waals surface area contributed by atoms with E-state index in [-0.39, 0.29) is 6.10 Å². The Balaban J connectivity index is 1.83. The summed E-state index contributed by atoms with van der Waals surface area (Å²) in [6, 6.07) is 0.612. The van der Waals surface area contributed by atoms with E-state index in [0.717, 1.165) is 39.0 Å². The van der Waals surface area contributed by atoms with Crippen molar-refractivity contribution in [3.8, 4) is 0 Å². The molecule has 1 saturated carbocycles. The van der Waals surface area contributed by atoms with Crippen LogP contribution in [0.5, 0.6) is 0 Å². The Morgan fingerprint density at radius 2 is 2.05 bits per heavy atom. The first kappa shape index (κ1) is 14.8. The van der Waals surface area contributed by atoms with Crippen LogP contribution in [-0.4, -0.2) is 59.1 Å². The van der Waals surface area contributed by atoms with Crippen molar-refractivity contribution in [3.63, 3.8) is 0 Å². The van der Waals surface area contributed by atoms with Gasteiger partial charge in [-0.3, -0.25) is 9.69 Å². The second kappa shape index (κ2) is 7.25. The third-order valence-electron chi connectivity index (χ3n) is 4.42. The summed E-state index contributed by atoms with van der Waals surface area (Å²) in [4.78, 5) is 16.0. The molecule has 0 radical (unpaired) electrons. The normalized spacial score (nSPS) is 23.3. The van der Waals surface area contributed by atoms with Crippen LogP contribution in [0.3, 0.4) is 0 Å². The van der Waals surface area contributed by atoms with Crippen LogP contribution >= 0.6 is 0 Å². The molecule has 4 heteroatoms. The van der Waals surface area contributed by atoms with Gasteiger partial charge in [-0.2, -0.15) is 0 Å². The third kappa shape index (κ3) is 4.46. The number of hydrogen-bond acceptors (Lipinski definition) is 3. The van der Waals surface area contributed by atoms with E-state index in [2.05, 4.69) is 4.90 Å². The largest absolute Gasteiger partial charge is 0.392 e. The lowest BCUT2D eigenvalue weighted by Gasteiger charge is -2.36. The zero-order valence-electron chi connectivity index (χ0n) is 12.2. The Hall–Kier alpha value is -0.610. The highest BCUT2D eigenvalue weighted by molar-refractivity contribution is 5.78. The van der Waals surface area contributed by atoms with Crippen molar-refractivity contribution >= 4 is 5.91 Å². The van der Waals surface area contributed by atoms with E-state index in [9.17, 15) is 9.90 Å². The first-order valence-electron chi connectivity index (χ1n) is 7.86. The molecule has 2 rings (SSSR count). The molecule has 1 N–H and O–H groups in total. The van der Waals surface area contributed by atoms with Crippen molar-refractivity contribution in [3.05, 3.63) is 0 Å². The van der Waals surface area contributed by atoms with Gasteiger partial charge in [-0.05, 0) is 26.2 Å². The number of aliphatic hydroxyl groups is 1. The molecule has 0 aromatic rings. The molecule has 1 unspecified atom stereocenters. The summed E-state index contributed by atoms with van der Waals surface area (Å²) in [5, 5.41) is 9.68. The molecule has 2 fully saturated rings. The average molecular weight is 268 g/mol. The van der Waals surface area contributed by atoms with E-state index in [0.29, 0.717) is 11.9 Å². The van der Waals surface area contributed by atoms with Gasteiger partial charge in [0.2, 0.25) is 5.91 Å². The van der Waals surface area contributed by atoms with Gasteiger partial charge in [-0.1, -0.05) is 19.3 Å². The molecule has 1 aliphatic carbocycles. The van der Waals surface area contributed by atoms with Crippen LogP contribution in [0.25, 0.3) is 0 Å². The smallest absolute Gasteiger partial charge is 0.222 e. The quantitative estimate of drug-likeness (QED) is 0.796. The number of carbonyl (C=O) groups excluding carboxylic acids is 1. The third-order valence-corrected chi connectivity index (χ3v) is 4.42. The lowest BCUT2D eigenvalue weighted by Crippen LogP contribution is -2.45. The Bertz CT molecular complexity index is 288. The summed E-state index contributed by atoms with van der Waals surface area (Å²) in [6.07, 6.45) is 7.92. The molecule has 1 saturated heterocycles. The van der Waals surface area contributed by atoms with Gasteiger partial charge in [0.25, 0.3) is 0 Å². The number of nitrogens with zero attached hydrogens (tertiary/aromatic N) is 2. The predicted octanol–water partition coefficient (Wildman–Crippen LogP) is 1.62. The second-order valence-electron chi connectivity index (χ2n) is 6.12. The van der Waals surface area contributed by atoms with Gasteiger partial charge in [0.15, 0.2) is 0 Å². The van der Waals surface area contributed by atoms with E-state index in [1.807, 2.05) is 11.8 Å². The van der Waals surface area contributed by atoms with Crippen molar-refractivity contribution in [2.24, 2.45) is 0 Å². The molecular weight excluding hydrogens is 240 g/mol. The molecule has 1 heterocycles. The van der Waals surface area contributed by atoms with Crippen molar-refractivity contribution in [2.45, 2.75) is 64.0 Å². The van der Waals surface area contributed by atoms with E-state index >= 15 is 0 Å². The fourth-order valence-corrected chi connectivity index (χ4v) is 3.40. The van der Waals surface area contributed by atoms with Gasteiger partial charge in [0.1, 0.15) is 0 Å². The minimum Gasteiger partial charge on any atom is -0.392 e. The molecule has 4 nitrogen and oxygen atoms in total. The Labute approximate surface area is 116 Å². The summed E-state index contributed by atoms with van der Waals surface area (Å²) >= 11 is 0. The van der Waals surface area contributed by atoms with E-state index in [1.165, 1.54) is 32.1 Å². The molecule has 0 aromatic heterocycles. The Morgan fingerprint density at radius 1 is 1.32 bits per heavy atom.